The van der Waals surface area contributed by atoms with Crippen LogP contribution in [0.2, 0.25) is 0 Å². The van der Waals surface area contributed by atoms with Gasteiger partial charge >= 0.3 is 11.9 Å². The lowest BCUT2D eigenvalue weighted by atomic mass is 9.60. The van der Waals surface area contributed by atoms with Crippen LogP contribution >= 0.6 is 0 Å². The average Bonchev–Trinajstić information content (AvgIpc) is 3.22. The predicted molar refractivity (Wildman–Crippen MR) is 135 cm³/mol. The molecular formula is C30H36O7. The smallest absolute Gasteiger partial charge is 0.310 e. The standard InChI is InChI=1S/C30H36O7/c1-17-11-23-28(34,26(17)33)15-21(16-36-19(3)31)12-22-25-27(4,5)29(25,14-18(2)30(22,23)35)37-24(32)13-20-9-7-6-8-10-20/h6-12,18,22-23,25,34-35H,13-16H2,1-5H3/t18-,22+,23-,25?,28-,29+,30-/m1/s1. The molecule has 1 aromatic carbocycles. The van der Waals surface area contributed by atoms with E-state index < -0.39 is 51.7 Å². The van der Waals surface area contributed by atoms with Gasteiger partial charge in [-0.15, -0.1) is 0 Å². The van der Waals surface area contributed by atoms with Crippen LogP contribution < -0.4 is 0 Å². The molecule has 7 nitrogen and oxygen atoms in total. The van der Waals surface area contributed by atoms with Crippen molar-refractivity contribution in [2.75, 3.05) is 6.61 Å². The SMILES string of the molecule is CC(=O)OCC1=C[C@H]2C3C(C)(C)[C@]3(OC(=O)Cc3ccccc3)C[C@@H](C)[C@]2(O)[C@@H]2C=C(C)C(=O)[C@@]2(O)C1. The van der Waals surface area contributed by atoms with Gasteiger partial charge in [0.05, 0.1) is 12.0 Å². The van der Waals surface area contributed by atoms with Crippen LogP contribution in [-0.4, -0.2) is 51.3 Å². The highest BCUT2D eigenvalue weighted by molar-refractivity contribution is 6.04. The van der Waals surface area contributed by atoms with E-state index in [2.05, 4.69) is 0 Å². The van der Waals surface area contributed by atoms with E-state index in [0.717, 1.165) is 5.56 Å². The number of hydrogen-bond donors (Lipinski definition) is 2. The van der Waals surface area contributed by atoms with Gasteiger partial charge in [0.1, 0.15) is 17.8 Å². The molecule has 2 N–H and O–H groups in total. The molecule has 7 heteroatoms. The van der Waals surface area contributed by atoms with E-state index in [4.69, 9.17) is 9.47 Å². The molecule has 1 unspecified atom stereocenters. The van der Waals surface area contributed by atoms with Crippen LogP contribution in [0.4, 0.5) is 0 Å². The monoisotopic (exact) mass is 508 g/mol. The van der Waals surface area contributed by atoms with Crippen LogP contribution in [-0.2, 0) is 30.3 Å². The summed E-state index contributed by atoms with van der Waals surface area (Å²) in [7, 11) is 0. The maximum absolute atomic E-state index is 13.2. The molecule has 0 heterocycles. The van der Waals surface area contributed by atoms with Crippen molar-refractivity contribution in [1.82, 2.24) is 0 Å². The quantitative estimate of drug-likeness (QED) is 0.464. The zero-order valence-electron chi connectivity index (χ0n) is 22.1. The van der Waals surface area contributed by atoms with Crippen molar-refractivity contribution >= 4 is 17.7 Å². The molecule has 2 fully saturated rings. The first-order valence-electron chi connectivity index (χ1n) is 13.0. The average molecular weight is 509 g/mol. The van der Waals surface area contributed by atoms with Crippen LogP contribution in [0.1, 0.15) is 53.0 Å². The molecule has 0 aliphatic heterocycles. The van der Waals surface area contributed by atoms with Crippen LogP contribution in [0.5, 0.6) is 0 Å². The maximum atomic E-state index is 13.2. The second-order valence-corrected chi connectivity index (χ2v) is 12.1. The van der Waals surface area contributed by atoms with Crippen molar-refractivity contribution in [2.45, 2.75) is 70.7 Å². The van der Waals surface area contributed by atoms with E-state index in [1.54, 1.807) is 13.0 Å². The second-order valence-electron chi connectivity index (χ2n) is 12.1. The van der Waals surface area contributed by atoms with Gasteiger partial charge in [-0.25, -0.2) is 0 Å². The van der Waals surface area contributed by atoms with Crippen molar-refractivity contribution in [3.8, 4) is 0 Å². The molecule has 5 rings (SSSR count). The molecule has 0 spiro atoms. The molecule has 0 aromatic heterocycles. The Morgan fingerprint density at radius 1 is 1.11 bits per heavy atom. The number of aliphatic hydroxyl groups is 2. The van der Waals surface area contributed by atoms with Gasteiger partial charge in [-0.3, -0.25) is 14.4 Å². The first-order valence-corrected chi connectivity index (χ1v) is 13.0. The Morgan fingerprint density at radius 3 is 2.43 bits per heavy atom. The fourth-order valence-corrected chi connectivity index (χ4v) is 7.78. The summed E-state index contributed by atoms with van der Waals surface area (Å²) < 4.78 is 11.6. The number of hydrogen-bond acceptors (Lipinski definition) is 7. The highest BCUT2D eigenvalue weighted by atomic mass is 16.6. The van der Waals surface area contributed by atoms with E-state index in [0.29, 0.717) is 17.6 Å². The number of benzene rings is 1. The number of rotatable bonds is 5. The van der Waals surface area contributed by atoms with Gasteiger partial charge in [-0.1, -0.05) is 63.3 Å². The third-order valence-corrected chi connectivity index (χ3v) is 9.62. The zero-order chi connectivity index (χ0) is 27.0. The summed E-state index contributed by atoms with van der Waals surface area (Å²) in [5, 5.41) is 24.2. The molecule has 4 aliphatic carbocycles. The number of Topliss-reactive ketones (excluding diaryl/α,β-unsaturated/α-hetero) is 1. The van der Waals surface area contributed by atoms with Gasteiger partial charge in [-0.05, 0) is 36.0 Å². The highest BCUT2D eigenvalue weighted by Gasteiger charge is 2.83. The van der Waals surface area contributed by atoms with Crippen molar-refractivity contribution in [3.05, 3.63) is 59.2 Å². The first kappa shape index (κ1) is 25.9. The van der Waals surface area contributed by atoms with Crippen molar-refractivity contribution in [1.29, 1.82) is 0 Å². The van der Waals surface area contributed by atoms with Gasteiger partial charge < -0.3 is 19.7 Å². The predicted octanol–water partition coefficient (Wildman–Crippen LogP) is 3.32. The molecule has 0 bridgehead atoms. The fourth-order valence-electron chi connectivity index (χ4n) is 7.78. The lowest BCUT2D eigenvalue weighted by Gasteiger charge is -2.50. The highest BCUT2D eigenvalue weighted by Crippen LogP contribution is 2.76. The van der Waals surface area contributed by atoms with E-state index in [1.807, 2.05) is 57.2 Å². The third kappa shape index (κ3) is 3.65. The van der Waals surface area contributed by atoms with Gasteiger partial charge in [-0.2, -0.15) is 0 Å². The second kappa shape index (κ2) is 8.37. The van der Waals surface area contributed by atoms with Crippen LogP contribution in [0.3, 0.4) is 0 Å². The molecule has 198 valence electrons. The summed E-state index contributed by atoms with van der Waals surface area (Å²) in [5.74, 6) is -3.17. The summed E-state index contributed by atoms with van der Waals surface area (Å²) in [5.41, 5.74) is -2.64. The summed E-state index contributed by atoms with van der Waals surface area (Å²) in [4.78, 5) is 37.9. The number of fused-ring (bicyclic) bond motifs is 5. The number of ketones is 1. The fraction of sp³-hybridized carbons (Fsp3) is 0.567. The molecule has 7 atom stereocenters. The normalized spacial score (nSPS) is 39.3. The molecular weight excluding hydrogens is 472 g/mol. The summed E-state index contributed by atoms with van der Waals surface area (Å²) in [6.07, 6.45) is 4.12. The minimum Gasteiger partial charge on any atom is -0.461 e. The maximum Gasteiger partial charge on any atom is 0.310 e. The van der Waals surface area contributed by atoms with Crippen molar-refractivity contribution in [2.24, 2.45) is 29.1 Å². The molecule has 2 saturated carbocycles. The van der Waals surface area contributed by atoms with E-state index in [9.17, 15) is 24.6 Å². The Hall–Kier alpha value is -2.77. The first-order chi connectivity index (χ1) is 17.3. The molecule has 1 aromatic rings. The van der Waals surface area contributed by atoms with Crippen LogP contribution in [0.25, 0.3) is 0 Å². The Bertz CT molecular complexity index is 1210. The summed E-state index contributed by atoms with van der Waals surface area (Å²) in [6, 6.07) is 9.44. The summed E-state index contributed by atoms with van der Waals surface area (Å²) >= 11 is 0. The Kier molecular flexibility index (Phi) is 5.85. The molecule has 0 radical (unpaired) electrons. The minimum atomic E-state index is -1.82. The number of carbonyl (C=O) groups is 3. The lowest BCUT2D eigenvalue weighted by Crippen LogP contribution is -2.61. The number of carbonyl (C=O) groups excluding carboxylic acids is 3. The largest absolute Gasteiger partial charge is 0.461 e. The number of ether oxygens (including phenoxy) is 2. The molecule has 0 saturated heterocycles. The van der Waals surface area contributed by atoms with Gasteiger partial charge in [0.15, 0.2) is 5.78 Å². The third-order valence-electron chi connectivity index (χ3n) is 9.62. The zero-order valence-corrected chi connectivity index (χ0v) is 22.1. The van der Waals surface area contributed by atoms with E-state index in [-0.39, 0.29) is 31.3 Å². The number of esters is 2. The Balaban J connectivity index is 1.54. The van der Waals surface area contributed by atoms with Crippen molar-refractivity contribution in [3.63, 3.8) is 0 Å². The van der Waals surface area contributed by atoms with Gasteiger partial charge in [0.2, 0.25) is 0 Å². The Morgan fingerprint density at radius 2 is 1.78 bits per heavy atom. The van der Waals surface area contributed by atoms with Crippen LogP contribution in [0.15, 0.2) is 53.6 Å². The van der Waals surface area contributed by atoms with E-state index >= 15 is 0 Å². The van der Waals surface area contributed by atoms with Gasteiger partial charge in [0, 0.05) is 36.5 Å². The summed E-state index contributed by atoms with van der Waals surface area (Å²) in [6.45, 7) is 8.88. The topological polar surface area (TPSA) is 110 Å². The Labute approximate surface area is 217 Å². The molecule has 0 amide bonds. The van der Waals surface area contributed by atoms with E-state index in [1.165, 1.54) is 6.92 Å². The van der Waals surface area contributed by atoms with Gasteiger partial charge in [0.25, 0.3) is 0 Å². The van der Waals surface area contributed by atoms with Crippen molar-refractivity contribution < 1.29 is 34.1 Å². The molecule has 4 aliphatic rings. The van der Waals surface area contributed by atoms with Crippen LogP contribution in [0, 0.1) is 29.1 Å². The minimum absolute atomic E-state index is 0.0307. The lowest BCUT2D eigenvalue weighted by molar-refractivity contribution is -0.186. The molecule has 37 heavy (non-hydrogen) atoms.